The number of nitrogens with zero attached hydrogens (tertiary/aromatic N) is 2. The molecule has 0 saturated carbocycles. The molecule has 0 bridgehead atoms. The molecule has 0 aliphatic rings. The van der Waals surface area contributed by atoms with Crippen LogP contribution in [0.2, 0.25) is 0 Å². The van der Waals surface area contributed by atoms with E-state index in [9.17, 15) is 0 Å². The van der Waals surface area contributed by atoms with E-state index in [0.717, 1.165) is 11.4 Å². The Morgan fingerprint density at radius 3 is 1.90 bits per heavy atom. The van der Waals surface area contributed by atoms with Crippen LogP contribution < -0.4 is 5.32 Å². The van der Waals surface area contributed by atoms with Crippen LogP contribution >= 0.6 is 0 Å². The summed E-state index contributed by atoms with van der Waals surface area (Å²) in [6.45, 7) is 0. The van der Waals surface area contributed by atoms with Crippen molar-refractivity contribution in [3.8, 4) is 0 Å². The Morgan fingerprint density at radius 1 is 1.00 bits per heavy atom. The van der Waals surface area contributed by atoms with Gasteiger partial charge < -0.3 is 20.5 Å². The number of para-hydroxylation sites is 1. The largest absolute Gasteiger partial charge is 0.726 e. The number of anilines is 2. The van der Waals surface area contributed by atoms with Crippen LogP contribution in [-0.4, -0.2) is 17.5 Å². The molecule has 8 heteroatoms. The molecule has 106 valence electrons. The number of benzene rings is 2. The second-order valence-electron chi connectivity index (χ2n) is 3.57. The van der Waals surface area contributed by atoms with Crippen LogP contribution in [-0.2, 0) is 10.4 Å². The Hall–Kier alpha value is -2.29. The lowest BCUT2D eigenvalue weighted by Gasteiger charge is -2.06. The molecule has 0 aliphatic carbocycles. The molecule has 2 aromatic carbocycles. The standard InChI is InChI=1S/C12H10N3.H2O4S/c13-15-12-8-6-11(7-9-12)14-10-4-2-1-3-5-10;1-5(2,3)4/h1-9,14H;(H2,1,2,3,4)/q-1;/p-1. The first-order valence-corrected chi connectivity index (χ1v) is 6.70. The van der Waals surface area contributed by atoms with Gasteiger partial charge in [0.25, 0.3) is 0 Å². The Kier molecular flexibility index (Phi) is 5.78. The van der Waals surface area contributed by atoms with Crippen LogP contribution in [0.3, 0.4) is 0 Å². The fraction of sp³-hybridized carbons (Fsp3) is 0. The highest BCUT2D eigenvalue weighted by Gasteiger charge is 1.92. The molecular weight excluding hydrogens is 282 g/mol. The number of nitrogens with one attached hydrogen (secondary N) is 1. The maximum absolute atomic E-state index is 8.63. The van der Waals surface area contributed by atoms with Crippen LogP contribution in [0.5, 0.6) is 0 Å². The van der Waals surface area contributed by atoms with Crippen molar-refractivity contribution in [3.63, 3.8) is 0 Å². The van der Waals surface area contributed by atoms with Crippen LogP contribution in [0.25, 0.3) is 5.53 Å². The third-order valence-corrected chi connectivity index (χ3v) is 2.05. The van der Waals surface area contributed by atoms with Crippen LogP contribution in [0.4, 0.5) is 17.1 Å². The maximum atomic E-state index is 8.63. The van der Waals surface area contributed by atoms with Crippen molar-refractivity contribution >= 4 is 27.5 Å². The van der Waals surface area contributed by atoms with Crippen molar-refractivity contribution in [1.29, 1.82) is 0 Å². The number of rotatable bonds is 3. The van der Waals surface area contributed by atoms with Crippen molar-refractivity contribution in [2.75, 3.05) is 5.32 Å². The Balaban J connectivity index is 0.000000347. The van der Waals surface area contributed by atoms with Gasteiger partial charge in [-0.3, -0.25) is 4.55 Å². The zero-order valence-electron chi connectivity index (χ0n) is 10.2. The van der Waals surface area contributed by atoms with Gasteiger partial charge in [0.05, 0.1) is 0 Å². The van der Waals surface area contributed by atoms with Crippen molar-refractivity contribution in [1.82, 2.24) is 0 Å². The number of hydrogen-bond donors (Lipinski definition) is 2. The fourth-order valence-electron chi connectivity index (χ4n) is 1.30. The molecule has 2 rings (SSSR count). The fourth-order valence-corrected chi connectivity index (χ4v) is 1.30. The van der Waals surface area contributed by atoms with Crippen molar-refractivity contribution in [2.45, 2.75) is 0 Å². The summed E-state index contributed by atoms with van der Waals surface area (Å²) in [5, 5.41) is 6.32. The number of hydrogen-bond acceptors (Lipinski definition) is 5. The summed E-state index contributed by atoms with van der Waals surface area (Å²) >= 11 is 0. The van der Waals surface area contributed by atoms with E-state index < -0.39 is 10.4 Å². The van der Waals surface area contributed by atoms with Crippen molar-refractivity contribution < 1.29 is 17.5 Å². The second kappa shape index (κ2) is 7.34. The van der Waals surface area contributed by atoms with Gasteiger partial charge in [0, 0.05) is 17.1 Å². The van der Waals surface area contributed by atoms with E-state index in [2.05, 4.69) is 10.4 Å². The van der Waals surface area contributed by atoms with Crippen LogP contribution in [0.1, 0.15) is 0 Å². The average Bonchev–Trinajstić information content (AvgIpc) is 2.39. The maximum Gasteiger partial charge on any atom is 0.215 e. The first-order chi connectivity index (χ1) is 9.38. The highest BCUT2D eigenvalue weighted by atomic mass is 32.3. The van der Waals surface area contributed by atoms with Crippen molar-refractivity contribution in [2.24, 2.45) is 5.11 Å². The molecule has 2 N–H and O–H groups in total. The lowest BCUT2D eigenvalue weighted by Crippen LogP contribution is -1.90. The Morgan fingerprint density at radius 2 is 1.45 bits per heavy atom. The SMILES string of the molecule is O=S(=O)([O-])O.[N-]=Nc1ccc(Nc2ccccc2)cc1. The zero-order chi connectivity index (χ0) is 15.0. The van der Waals surface area contributed by atoms with E-state index >= 15 is 0 Å². The second-order valence-corrected chi connectivity index (χ2v) is 4.42. The Bertz CT molecular complexity index is 634. The predicted octanol–water partition coefficient (Wildman–Crippen LogP) is 3.09. The average molecular weight is 293 g/mol. The molecule has 0 spiro atoms. The smallest absolute Gasteiger partial charge is 0.215 e. The third kappa shape index (κ3) is 7.21. The highest BCUT2D eigenvalue weighted by molar-refractivity contribution is 7.79. The summed E-state index contributed by atoms with van der Waals surface area (Å²) in [5.41, 5.74) is 11.1. The van der Waals surface area contributed by atoms with Crippen LogP contribution in [0.15, 0.2) is 59.7 Å². The van der Waals surface area contributed by atoms with Crippen molar-refractivity contribution in [3.05, 3.63) is 60.1 Å². The van der Waals surface area contributed by atoms with Gasteiger partial charge >= 0.3 is 0 Å². The highest BCUT2D eigenvalue weighted by Crippen LogP contribution is 2.19. The van der Waals surface area contributed by atoms with E-state index in [1.165, 1.54) is 0 Å². The first-order valence-electron chi connectivity index (χ1n) is 5.34. The van der Waals surface area contributed by atoms with Gasteiger partial charge in [0.2, 0.25) is 10.4 Å². The van der Waals surface area contributed by atoms with Gasteiger partial charge in [0.1, 0.15) is 0 Å². The van der Waals surface area contributed by atoms with E-state index in [1.54, 1.807) is 12.1 Å². The molecule has 2 aromatic rings. The molecular formula is C12H11N3O4S-2. The molecule has 0 atom stereocenters. The molecule has 0 heterocycles. The Labute approximate surface area is 116 Å². The first kappa shape index (κ1) is 15.8. The molecule has 0 amide bonds. The lowest BCUT2D eigenvalue weighted by molar-refractivity contribution is 0.366. The molecule has 0 radical (unpaired) electrons. The zero-order valence-corrected chi connectivity index (χ0v) is 11.0. The van der Waals surface area contributed by atoms with Gasteiger partial charge in [-0.05, 0) is 36.4 Å². The molecule has 7 nitrogen and oxygen atoms in total. The van der Waals surface area contributed by atoms with E-state index in [1.807, 2.05) is 42.5 Å². The molecule has 0 aromatic heterocycles. The summed E-state index contributed by atoms with van der Waals surface area (Å²) in [5.74, 6) is 0. The molecule has 20 heavy (non-hydrogen) atoms. The van der Waals surface area contributed by atoms with E-state index in [0.29, 0.717) is 5.69 Å². The van der Waals surface area contributed by atoms with Gasteiger partial charge in [-0.2, -0.15) is 0 Å². The van der Waals surface area contributed by atoms with Crippen LogP contribution in [0, 0.1) is 0 Å². The normalized spacial score (nSPS) is 10.1. The molecule has 0 fully saturated rings. The molecule has 0 aliphatic heterocycles. The molecule has 0 unspecified atom stereocenters. The summed E-state index contributed by atoms with van der Waals surface area (Å²) in [7, 11) is -4.92. The van der Waals surface area contributed by atoms with Gasteiger partial charge in [-0.15, -0.1) is 0 Å². The summed E-state index contributed by atoms with van der Waals surface area (Å²) < 4.78 is 32.8. The van der Waals surface area contributed by atoms with Gasteiger partial charge in [0.15, 0.2) is 0 Å². The van der Waals surface area contributed by atoms with E-state index in [4.69, 9.17) is 23.1 Å². The van der Waals surface area contributed by atoms with Gasteiger partial charge in [-0.25, -0.2) is 8.42 Å². The minimum atomic E-state index is -4.92. The topological polar surface area (TPSA) is 124 Å². The van der Waals surface area contributed by atoms with E-state index in [-0.39, 0.29) is 0 Å². The monoisotopic (exact) mass is 293 g/mol. The predicted molar refractivity (Wildman–Crippen MR) is 73.9 cm³/mol. The summed E-state index contributed by atoms with van der Waals surface area (Å²) in [6.07, 6.45) is 0. The third-order valence-electron chi connectivity index (χ3n) is 2.05. The molecule has 0 saturated heterocycles. The summed E-state index contributed by atoms with van der Waals surface area (Å²) in [6, 6.07) is 17.1. The quantitative estimate of drug-likeness (QED) is 0.511. The minimum Gasteiger partial charge on any atom is -0.726 e. The summed E-state index contributed by atoms with van der Waals surface area (Å²) in [4.78, 5) is 0. The lowest BCUT2D eigenvalue weighted by atomic mass is 10.2. The van der Waals surface area contributed by atoms with Gasteiger partial charge in [-0.1, -0.05) is 18.2 Å². The minimum absolute atomic E-state index is 0.550.